The summed E-state index contributed by atoms with van der Waals surface area (Å²) in [5.41, 5.74) is -0.126. The zero-order valence-electron chi connectivity index (χ0n) is 10.3. The van der Waals surface area contributed by atoms with E-state index >= 15 is 0 Å². The van der Waals surface area contributed by atoms with Crippen LogP contribution in [-0.2, 0) is 0 Å². The summed E-state index contributed by atoms with van der Waals surface area (Å²) >= 11 is 11.7. The van der Waals surface area contributed by atoms with Crippen molar-refractivity contribution in [3.8, 4) is 11.6 Å². The van der Waals surface area contributed by atoms with Gasteiger partial charge in [-0.2, -0.15) is 4.98 Å². The number of pyridine rings is 1. The van der Waals surface area contributed by atoms with E-state index in [4.69, 9.17) is 27.9 Å². The van der Waals surface area contributed by atoms with Gasteiger partial charge in [-0.25, -0.2) is 0 Å². The van der Waals surface area contributed by atoms with E-state index in [0.717, 1.165) is 0 Å². The molecule has 2 rings (SSSR count). The summed E-state index contributed by atoms with van der Waals surface area (Å²) in [6, 6.07) is 7.19. The van der Waals surface area contributed by atoms with Crippen LogP contribution in [0.4, 0.5) is 11.5 Å². The molecule has 0 radical (unpaired) electrons. The predicted octanol–water partition coefficient (Wildman–Crippen LogP) is 4.13. The number of rotatable bonds is 4. The van der Waals surface area contributed by atoms with Crippen LogP contribution in [-0.4, -0.2) is 17.0 Å². The van der Waals surface area contributed by atoms with Crippen molar-refractivity contribution in [3.63, 3.8) is 0 Å². The third kappa shape index (κ3) is 3.28. The first-order valence-electron chi connectivity index (χ1n) is 5.46. The van der Waals surface area contributed by atoms with E-state index in [-0.39, 0.29) is 11.6 Å². The van der Waals surface area contributed by atoms with Gasteiger partial charge in [-0.15, -0.1) is 0 Å². The molecule has 0 bridgehead atoms. The Morgan fingerprint density at radius 3 is 2.60 bits per heavy atom. The number of nitrogens with one attached hydrogen (secondary N) is 1. The second-order valence-corrected chi connectivity index (χ2v) is 4.55. The molecule has 0 saturated carbocycles. The molecular formula is C12H9Cl2N3O3. The summed E-state index contributed by atoms with van der Waals surface area (Å²) in [7, 11) is 1.61. The van der Waals surface area contributed by atoms with Crippen molar-refractivity contribution in [1.29, 1.82) is 0 Å². The fourth-order valence-electron chi connectivity index (χ4n) is 1.44. The minimum absolute atomic E-state index is 0.0851. The summed E-state index contributed by atoms with van der Waals surface area (Å²) in [6.45, 7) is 0. The first kappa shape index (κ1) is 14.4. The predicted molar refractivity (Wildman–Crippen MR) is 77.0 cm³/mol. The van der Waals surface area contributed by atoms with Crippen LogP contribution in [0, 0.1) is 10.1 Å². The van der Waals surface area contributed by atoms with Gasteiger partial charge in [-0.3, -0.25) is 10.1 Å². The van der Waals surface area contributed by atoms with Gasteiger partial charge in [0.1, 0.15) is 11.6 Å². The first-order chi connectivity index (χ1) is 9.49. The molecule has 0 fully saturated rings. The van der Waals surface area contributed by atoms with Crippen LogP contribution in [0.5, 0.6) is 11.6 Å². The normalized spacial score (nSPS) is 10.2. The highest BCUT2D eigenvalue weighted by Crippen LogP contribution is 2.30. The molecule has 2 aromatic rings. The lowest BCUT2D eigenvalue weighted by Gasteiger charge is -2.07. The largest absolute Gasteiger partial charge is 0.439 e. The molecule has 0 aliphatic rings. The summed E-state index contributed by atoms with van der Waals surface area (Å²) in [5, 5.41) is 14.3. The molecule has 104 valence electrons. The molecule has 0 spiro atoms. The fraction of sp³-hybridized carbons (Fsp3) is 0.0833. The molecule has 6 nitrogen and oxygen atoms in total. The molecule has 0 saturated heterocycles. The Morgan fingerprint density at radius 2 is 2.00 bits per heavy atom. The van der Waals surface area contributed by atoms with Gasteiger partial charge in [0.15, 0.2) is 0 Å². The quantitative estimate of drug-likeness (QED) is 0.678. The Kier molecular flexibility index (Phi) is 4.26. The molecule has 0 amide bonds. The van der Waals surface area contributed by atoms with Crippen molar-refractivity contribution < 1.29 is 9.66 Å². The highest BCUT2D eigenvalue weighted by Gasteiger charge is 2.12. The Bertz CT molecular complexity index is 664. The van der Waals surface area contributed by atoms with Crippen LogP contribution >= 0.6 is 23.2 Å². The number of aromatic nitrogens is 1. The van der Waals surface area contributed by atoms with Crippen molar-refractivity contribution in [1.82, 2.24) is 4.98 Å². The maximum absolute atomic E-state index is 10.8. The maximum atomic E-state index is 10.8. The topological polar surface area (TPSA) is 77.3 Å². The van der Waals surface area contributed by atoms with Gasteiger partial charge in [0.2, 0.25) is 5.88 Å². The molecule has 1 aromatic heterocycles. The molecule has 1 N–H and O–H groups in total. The number of hydrogen-bond acceptors (Lipinski definition) is 5. The highest BCUT2D eigenvalue weighted by atomic mass is 35.5. The molecule has 0 aliphatic carbocycles. The van der Waals surface area contributed by atoms with Crippen molar-refractivity contribution >= 4 is 34.7 Å². The van der Waals surface area contributed by atoms with Crippen molar-refractivity contribution in [3.05, 3.63) is 50.5 Å². The Hall–Kier alpha value is -2.05. The van der Waals surface area contributed by atoms with E-state index in [1.165, 1.54) is 18.2 Å². The van der Waals surface area contributed by atoms with Gasteiger partial charge in [0, 0.05) is 13.1 Å². The van der Waals surface area contributed by atoms with Gasteiger partial charge in [0.25, 0.3) is 5.69 Å². The number of halogens is 2. The van der Waals surface area contributed by atoms with E-state index in [1.54, 1.807) is 19.2 Å². The minimum atomic E-state index is -0.524. The lowest BCUT2D eigenvalue weighted by atomic mass is 10.3. The maximum Gasteiger partial charge on any atom is 0.278 e. The Morgan fingerprint density at radius 1 is 1.25 bits per heavy atom. The van der Waals surface area contributed by atoms with Crippen molar-refractivity contribution in [2.75, 3.05) is 12.4 Å². The van der Waals surface area contributed by atoms with Crippen LogP contribution in [0.25, 0.3) is 0 Å². The summed E-state index contributed by atoms with van der Waals surface area (Å²) < 4.78 is 5.45. The third-order valence-corrected chi connectivity index (χ3v) is 3.11. The zero-order valence-corrected chi connectivity index (χ0v) is 11.8. The standard InChI is InChI=1S/C12H9Cl2N3O3/c1-15-11-4-7(17(18)19)5-12(16-11)20-8-2-3-9(13)10(14)6-8/h2-6H,1H3,(H,15,16). The first-order valence-corrected chi connectivity index (χ1v) is 6.22. The number of hydrogen-bond donors (Lipinski definition) is 1. The van der Waals surface area contributed by atoms with Crippen LogP contribution in [0.3, 0.4) is 0 Å². The Labute approximate surface area is 124 Å². The summed E-state index contributed by atoms with van der Waals surface area (Å²) in [5.74, 6) is 0.797. The second-order valence-electron chi connectivity index (χ2n) is 3.73. The zero-order chi connectivity index (χ0) is 14.7. The molecule has 1 aromatic carbocycles. The van der Waals surface area contributed by atoms with E-state index in [1.807, 2.05) is 0 Å². The van der Waals surface area contributed by atoms with Gasteiger partial charge in [0.05, 0.1) is 27.1 Å². The lowest BCUT2D eigenvalue weighted by molar-refractivity contribution is -0.384. The minimum Gasteiger partial charge on any atom is -0.439 e. The van der Waals surface area contributed by atoms with Gasteiger partial charge < -0.3 is 10.1 Å². The molecule has 1 heterocycles. The summed E-state index contributed by atoms with van der Waals surface area (Å²) in [6.07, 6.45) is 0. The van der Waals surface area contributed by atoms with Gasteiger partial charge in [-0.1, -0.05) is 23.2 Å². The van der Waals surface area contributed by atoms with Crippen LogP contribution in [0.1, 0.15) is 0 Å². The van der Waals surface area contributed by atoms with Crippen molar-refractivity contribution in [2.24, 2.45) is 0 Å². The van der Waals surface area contributed by atoms with E-state index in [0.29, 0.717) is 21.6 Å². The van der Waals surface area contributed by atoms with E-state index < -0.39 is 4.92 Å². The second kappa shape index (κ2) is 5.94. The van der Waals surface area contributed by atoms with Crippen LogP contribution < -0.4 is 10.1 Å². The molecule has 0 aliphatic heterocycles. The van der Waals surface area contributed by atoms with Crippen LogP contribution in [0.2, 0.25) is 10.0 Å². The van der Waals surface area contributed by atoms with E-state index in [2.05, 4.69) is 10.3 Å². The molecular weight excluding hydrogens is 305 g/mol. The van der Waals surface area contributed by atoms with Crippen molar-refractivity contribution in [2.45, 2.75) is 0 Å². The average molecular weight is 314 g/mol. The Balaban J connectivity index is 2.34. The monoisotopic (exact) mass is 313 g/mol. The number of anilines is 1. The SMILES string of the molecule is CNc1cc([N+](=O)[O-])cc(Oc2ccc(Cl)c(Cl)c2)n1. The fourth-order valence-corrected chi connectivity index (χ4v) is 1.73. The lowest BCUT2D eigenvalue weighted by Crippen LogP contribution is -1.98. The van der Waals surface area contributed by atoms with Crippen LogP contribution in [0.15, 0.2) is 30.3 Å². The molecule has 0 atom stereocenters. The molecule has 0 unspecified atom stereocenters. The smallest absolute Gasteiger partial charge is 0.278 e. The average Bonchev–Trinajstić information content (AvgIpc) is 2.42. The number of nitrogens with zero attached hydrogens (tertiary/aromatic N) is 2. The molecule has 20 heavy (non-hydrogen) atoms. The van der Waals surface area contributed by atoms with Gasteiger partial charge >= 0.3 is 0 Å². The molecule has 8 heteroatoms. The summed E-state index contributed by atoms with van der Waals surface area (Å²) in [4.78, 5) is 14.4. The number of nitro groups is 1. The van der Waals surface area contributed by atoms with E-state index in [9.17, 15) is 10.1 Å². The number of ether oxygens (including phenoxy) is 1. The highest BCUT2D eigenvalue weighted by molar-refractivity contribution is 6.42. The van der Waals surface area contributed by atoms with Gasteiger partial charge in [-0.05, 0) is 12.1 Å². The number of benzene rings is 1. The third-order valence-electron chi connectivity index (χ3n) is 2.37.